The molecule has 0 radical (unpaired) electrons. The van der Waals surface area contributed by atoms with Gasteiger partial charge < -0.3 is 4.74 Å². The molecule has 0 bridgehead atoms. The molecule has 18 heavy (non-hydrogen) atoms. The molecule has 96 valence electrons. The molecule has 0 aliphatic heterocycles. The maximum atomic E-state index is 5.88. The van der Waals surface area contributed by atoms with Gasteiger partial charge in [-0.1, -0.05) is 23.2 Å². The molecule has 1 aromatic heterocycles. The van der Waals surface area contributed by atoms with E-state index in [2.05, 4.69) is 4.98 Å². The highest BCUT2D eigenvalue weighted by molar-refractivity contribution is 7.09. The number of hydrogen-bond donors (Lipinski definition) is 0. The lowest BCUT2D eigenvalue weighted by atomic mass is 10.3. The van der Waals surface area contributed by atoms with Crippen LogP contribution in [0.1, 0.15) is 10.7 Å². The molecule has 0 N–H and O–H groups in total. The SMILES string of the molecule is ClCc1csc(CCOc2cc(Cl)cc(Cl)c2)n1. The first-order chi connectivity index (χ1) is 8.67. The van der Waals surface area contributed by atoms with Gasteiger partial charge in [-0.05, 0) is 18.2 Å². The van der Waals surface area contributed by atoms with Gasteiger partial charge in [-0.15, -0.1) is 22.9 Å². The quantitative estimate of drug-likeness (QED) is 0.737. The second-order valence-corrected chi connectivity index (χ2v) is 5.65. The number of thiazole rings is 1. The summed E-state index contributed by atoms with van der Waals surface area (Å²) in [7, 11) is 0. The molecule has 0 aliphatic rings. The number of halogens is 3. The van der Waals surface area contributed by atoms with Gasteiger partial charge in [0.15, 0.2) is 0 Å². The lowest BCUT2D eigenvalue weighted by Crippen LogP contribution is -2.01. The van der Waals surface area contributed by atoms with Crippen LogP contribution in [0.25, 0.3) is 0 Å². The Hall–Kier alpha value is -0.480. The van der Waals surface area contributed by atoms with Crippen LogP contribution in [-0.2, 0) is 12.3 Å². The maximum Gasteiger partial charge on any atom is 0.122 e. The molecule has 2 aromatic rings. The van der Waals surface area contributed by atoms with Crippen LogP contribution in [-0.4, -0.2) is 11.6 Å². The van der Waals surface area contributed by atoms with Gasteiger partial charge in [-0.3, -0.25) is 0 Å². The van der Waals surface area contributed by atoms with Crippen molar-refractivity contribution in [2.24, 2.45) is 0 Å². The van der Waals surface area contributed by atoms with Crippen molar-refractivity contribution in [1.82, 2.24) is 4.98 Å². The van der Waals surface area contributed by atoms with Gasteiger partial charge in [-0.2, -0.15) is 0 Å². The number of rotatable bonds is 5. The fourth-order valence-corrected chi connectivity index (χ4v) is 2.91. The topological polar surface area (TPSA) is 22.1 Å². The Kier molecular flexibility index (Phi) is 5.13. The first-order valence-corrected chi connectivity index (χ1v) is 7.42. The Morgan fingerprint density at radius 3 is 2.50 bits per heavy atom. The third-order valence-electron chi connectivity index (χ3n) is 2.16. The van der Waals surface area contributed by atoms with E-state index in [0.29, 0.717) is 28.3 Å². The number of alkyl halides is 1. The largest absolute Gasteiger partial charge is 0.493 e. The van der Waals surface area contributed by atoms with E-state index in [9.17, 15) is 0 Å². The smallest absolute Gasteiger partial charge is 0.122 e. The predicted molar refractivity (Wildman–Crippen MR) is 77.3 cm³/mol. The summed E-state index contributed by atoms with van der Waals surface area (Å²) < 4.78 is 5.58. The molecule has 1 heterocycles. The van der Waals surface area contributed by atoms with Crippen molar-refractivity contribution in [2.45, 2.75) is 12.3 Å². The Labute approximate surface area is 124 Å². The summed E-state index contributed by atoms with van der Waals surface area (Å²) in [5.41, 5.74) is 0.905. The normalized spacial score (nSPS) is 10.6. The number of hydrogen-bond acceptors (Lipinski definition) is 3. The zero-order valence-electron chi connectivity index (χ0n) is 9.33. The zero-order valence-corrected chi connectivity index (χ0v) is 12.4. The number of benzene rings is 1. The molecule has 1 aromatic carbocycles. The van der Waals surface area contributed by atoms with E-state index in [1.807, 2.05) is 5.38 Å². The van der Waals surface area contributed by atoms with E-state index in [4.69, 9.17) is 39.5 Å². The second-order valence-electron chi connectivity index (χ2n) is 3.57. The Morgan fingerprint density at radius 1 is 1.17 bits per heavy atom. The minimum atomic E-state index is 0.446. The molecule has 6 heteroatoms. The third kappa shape index (κ3) is 4.02. The first-order valence-electron chi connectivity index (χ1n) is 5.25. The van der Waals surface area contributed by atoms with Crippen LogP contribution in [0.5, 0.6) is 5.75 Å². The summed E-state index contributed by atoms with van der Waals surface area (Å²) >= 11 is 19.0. The zero-order chi connectivity index (χ0) is 13.0. The van der Waals surface area contributed by atoms with E-state index in [1.54, 1.807) is 29.5 Å². The van der Waals surface area contributed by atoms with Crippen molar-refractivity contribution < 1.29 is 4.74 Å². The van der Waals surface area contributed by atoms with Crippen molar-refractivity contribution >= 4 is 46.1 Å². The summed E-state index contributed by atoms with van der Waals surface area (Å²) in [6.07, 6.45) is 0.742. The van der Waals surface area contributed by atoms with E-state index < -0.39 is 0 Å². The van der Waals surface area contributed by atoms with Crippen LogP contribution >= 0.6 is 46.1 Å². The van der Waals surface area contributed by atoms with Gasteiger partial charge in [-0.25, -0.2) is 4.98 Å². The van der Waals surface area contributed by atoms with E-state index >= 15 is 0 Å². The van der Waals surface area contributed by atoms with Gasteiger partial charge >= 0.3 is 0 Å². The fourth-order valence-electron chi connectivity index (χ4n) is 1.39. The highest BCUT2D eigenvalue weighted by Crippen LogP contribution is 2.24. The lowest BCUT2D eigenvalue weighted by Gasteiger charge is -2.05. The molecule has 0 unspecified atom stereocenters. The van der Waals surface area contributed by atoms with E-state index in [0.717, 1.165) is 17.1 Å². The predicted octanol–water partition coefficient (Wildman–Crippen LogP) is 4.81. The van der Waals surface area contributed by atoms with Gasteiger partial charge in [0, 0.05) is 21.8 Å². The summed E-state index contributed by atoms with van der Waals surface area (Å²) in [6.45, 7) is 0.534. The molecule has 0 spiro atoms. The van der Waals surface area contributed by atoms with Crippen molar-refractivity contribution in [3.8, 4) is 5.75 Å². The molecule has 0 amide bonds. The maximum absolute atomic E-state index is 5.88. The van der Waals surface area contributed by atoms with Crippen LogP contribution < -0.4 is 4.74 Å². The van der Waals surface area contributed by atoms with E-state index in [1.165, 1.54) is 0 Å². The van der Waals surface area contributed by atoms with Crippen molar-refractivity contribution in [3.63, 3.8) is 0 Å². The van der Waals surface area contributed by atoms with Gasteiger partial charge in [0.1, 0.15) is 5.75 Å². The minimum Gasteiger partial charge on any atom is -0.493 e. The molecule has 0 saturated carbocycles. The second kappa shape index (κ2) is 6.62. The third-order valence-corrected chi connectivity index (χ3v) is 3.82. The highest BCUT2D eigenvalue weighted by Gasteiger charge is 2.03. The molecular weight excluding hydrogens is 313 g/mol. The minimum absolute atomic E-state index is 0.446. The van der Waals surface area contributed by atoms with Gasteiger partial charge in [0.05, 0.1) is 23.2 Å². The Morgan fingerprint density at radius 2 is 1.89 bits per heavy atom. The Balaban J connectivity index is 1.88. The summed E-state index contributed by atoms with van der Waals surface area (Å²) in [5, 5.41) is 4.10. The van der Waals surface area contributed by atoms with Crippen LogP contribution in [0.2, 0.25) is 10.0 Å². The van der Waals surface area contributed by atoms with Gasteiger partial charge in [0.2, 0.25) is 0 Å². The number of nitrogens with zero attached hydrogens (tertiary/aromatic N) is 1. The van der Waals surface area contributed by atoms with Crippen molar-refractivity contribution in [1.29, 1.82) is 0 Å². The molecule has 2 nitrogen and oxygen atoms in total. The molecular formula is C12H10Cl3NOS. The summed E-state index contributed by atoms with van der Waals surface area (Å²) in [6, 6.07) is 5.14. The average molecular weight is 323 g/mol. The number of ether oxygens (including phenoxy) is 1. The average Bonchev–Trinajstić information content (AvgIpc) is 2.76. The van der Waals surface area contributed by atoms with Crippen LogP contribution in [0.4, 0.5) is 0 Å². The van der Waals surface area contributed by atoms with Gasteiger partial charge in [0.25, 0.3) is 0 Å². The summed E-state index contributed by atoms with van der Waals surface area (Å²) in [4.78, 5) is 4.35. The lowest BCUT2D eigenvalue weighted by molar-refractivity contribution is 0.322. The van der Waals surface area contributed by atoms with Crippen molar-refractivity contribution in [2.75, 3.05) is 6.61 Å². The Bertz CT molecular complexity index is 510. The molecule has 0 fully saturated rings. The highest BCUT2D eigenvalue weighted by atomic mass is 35.5. The number of aromatic nitrogens is 1. The first kappa shape index (κ1) is 13.9. The molecule has 2 rings (SSSR count). The summed E-state index contributed by atoms with van der Waals surface area (Å²) in [5.74, 6) is 1.11. The van der Waals surface area contributed by atoms with Crippen LogP contribution in [0.3, 0.4) is 0 Å². The fraction of sp³-hybridized carbons (Fsp3) is 0.250. The molecule has 0 atom stereocenters. The van der Waals surface area contributed by atoms with Crippen molar-refractivity contribution in [3.05, 3.63) is 44.3 Å². The van der Waals surface area contributed by atoms with E-state index in [-0.39, 0.29) is 0 Å². The van der Waals surface area contributed by atoms with Crippen LogP contribution in [0, 0.1) is 0 Å². The molecule has 0 aliphatic carbocycles. The standard InChI is InChI=1S/C12H10Cl3NOS/c13-6-10-7-18-12(16-10)1-2-17-11-4-8(14)3-9(15)5-11/h3-5,7H,1-2,6H2. The van der Waals surface area contributed by atoms with Crippen LogP contribution in [0.15, 0.2) is 23.6 Å². The monoisotopic (exact) mass is 321 g/mol. The molecule has 0 saturated heterocycles.